The van der Waals surface area contributed by atoms with Gasteiger partial charge >= 0.3 is 0 Å². The van der Waals surface area contributed by atoms with Crippen LogP contribution in [0.15, 0.2) is 22.7 Å². The summed E-state index contributed by atoms with van der Waals surface area (Å²) < 4.78 is 1.12. The SMILES string of the molecule is CCc1ccc(Br)c(C(N)CC)c1. The van der Waals surface area contributed by atoms with Gasteiger partial charge in [-0.05, 0) is 30.0 Å². The Labute approximate surface area is 88.5 Å². The highest BCUT2D eigenvalue weighted by molar-refractivity contribution is 9.10. The highest BCUT2D eigenvalue weighted by Gasteiger charge is 2.07. The Balaban J connectivity index is 3.03. The quantitative estimate of drug-likeness (QED) is 0.863. The van der Waals surface area contributed by atoms with Gasteiger partial charge in [-0.2, -0.15) is 0 Å². The first-order valence-electron chi connectivity index (χ1n) is 4.73. The lowest BCUT2D eigenvalue weighted by molar-refractivity contribution is 0.694. The van der Waals surface area contributed by atoms with Crippen molar-refractivity contribution < 1.29 is 0 Å². The molecule has 2 heteroatoms. The molecule has 0 aromatic heterocycles. The number of benzene rings is 1. The Bertz CT molecular complexity index is 283. The van der Waals surface area contributed by atoms with E-state index in [-0.39, 0.29) is 6.04 Å². The molecule has 2 N–H and O–H groups in total. The lowest BCUT2D eigenvalue weighted by atomic mass is 10.0. The van der Waals surface area contributed by atoms with Gasteiger partial charge in [0.15, 0.2) is 0 Å². The monoisotopic (exact) mass is 241 g/mol. The van der Waals surface area contributed by atoms with Gasteiger partial charge in [0.1, 0.15) is 0 Å². The Kier molecular flexibility index (Phi) is 3.94. The Morgan fingerprint density at radius 2 is 2.08 bits per heavy atom. The van der Waals surface area contributed by atoms with Crippen LogP contribution in [0.1, 0.15) is 37.4 Å². The van der Waals surface area contributed by atoms with E-state index < -0.39 is 0 Å². The summed E-state index contributed by atoms with van der Waals surface area (Å²) in [6.45, 7) is 4.26. The summed E-state index contributed by atoms with van der Waals surface area (Å²) in [5.74, 6) is 0. The van der Waals surface area contributed by atoms with Crippen LogP contribution in [0.5, 0.6) is 0 Å². The first-order chi connectivity index (χ1) is 6.19. The molecular formula is C11H16BrN. The summed E-state index contributed by atoms with van der Waals surface area (Å²) >= 11 is 3.52. The fourth-order valence-corrected chi connectivity index (χ4v) is 1.86. The largest absolute Gasteiger partial charge is 0.324 e. The molecule has 1 unspecified atom stereocenters. The third kappa shape index (κ3) is 2.55. The molecule has 0 spiro atoms. The standard InChI is InChI=1S/C11H16BrN/c1-3-8-5-6-10(12)9(7-8)11(13)4-2/h5-7,11H,3-4,13H2,1-2H3. The second-order valence-electron chi connectivity index (χ2n) is 3.22. The lowest BCUT2D eigenvalue weighted by Gasteiger charge is -2.12. The van der Waals surface area contributed by atoms with Gasteiger partial charge in [-0.3, -0.25) is 0 Å². The van der Waals surface area contributed by atoms with Gasteiger partial charge in [0.2, 0.25) is 0 Å². The predicted molar refractivity (Wildman–Crippen MR) is 60.7 cm³/mol. The summed E-state index contributed by atoms with van der Waals surface area (Å²) in [6, 6.07) is 6.57. The van der Waals surface area contributed by atoms with Crippen molar-refractivity contribution in [3.05, 3.63) is 33.8 Å². The smallest absolute Gasteiger partial charge is 0.0303 e. The van der Waals surface area contributed by atoms with Crippen LogP contribution >= 0.6 is 15.9 Å². The van der Waals surface area contributed by atoms with E-state index in [1.54, 1.807) is 0 Å². The van der Waals surface area contributed by atoms with Crippen LogP contribution in [0.25, 0.3) is 0 Å². The Hall–Kier alpha value is -0.340. The molecule has 0 bridgehead atoms. The molecule has 1 nitrogen and oxygen atoms in total. The van der Waals surface area contributed by atoms with Gasteiger partial charge in [-0.15, -0.1) is 0 Å². The molecule has 0 fully saturated rings. The molecule has 0 saturated heterocycles. The topological polar surface area (TPSA) is 26.0 Å². The summed E-state index contributed by atoms with van der Waals surface area (Å²) in [4.78, 5) is 0. The van der Waals surface area contributed by atoms with Crippen LogP contribution in [0, 0.1) is 0 Å². The van der Waals surface area contributed by atoms with E-state index in [9.17, 15) is 0 Å². The van der Waals surface area contributed by atoms with E-state index in [1.807, 2.05) is 0 Å². The Morgan fingerprint density at radius 3 is 2.62 bits per heavy atom. The minimum absolute atomic E-state index is 0.154. The van der Waals surface area contributed by atoms with Gasteiger partial charge in [0, 0.05) is 10.5 Å². The zero-order valence-electron chi connectivity index (χ0n) is 8.18. The van der Waals surface area contributed by atoms with Crippen molar-refractivity contribution >= 4 is 15.9 Å². The molecule has 0 aliphatic heterocycles. The summed E-state index contributed by atoms with van der Waals surface area (Å²) in [6.07, 6.45) is 2.04. The fraction of sp³-hybridized carbons (Fsp3) is 0.455. The summed E-state index contributed by atoms with van der Waals surface area (Å²) in [7, 11) is 0. The second kappa shape index (κ2) is 4.77. The fourth-order valence-electron chi connectivity index (χ4n) is 1.32. The number of rotatable bonds is 3. The van der Waals surface area contributed by atoms with Crippen LogP contribution in [0.2, 0.25) is 0 Å². The van der Waals surface area contributed by atoms with Crippen molar-refractivity contribution in [1.29, 1.82) is 0 Å². The normalized spacial score (nSPS) is 12.9. The maximum absolute atomic E-state index is 5.99. The summed E-state index contributed by atoms with van der Waals surface area (Å²) in [5, 5.41) is 0. The molecule has 1 rings (SSSR count). The second-order valence-corrected chi connectivity index (χ2v) is 4.08. The number of hydrogen-bond donors (Lipinski definition) is 1. The average molecular weight is 242 g/mol. The van der Waals surface area contributed by atoms with E-state index in [4.69, 9.17) is 5.73 Å². The molecule has 0 aliphatic rings. The van der Waals surface area contributed by atoms with Crippen molar-refractivity contribution in [2.75, 3.05) is 0 Å². The molecule has 0 aliphatic carbocycles. The molecule has 0 radical (unpaired) electrons. The van der Waals surface area contributed by atoms with Crippen molar-refractivity contribution in [3.63, 3.8) is 0 Å². The maximum atomic E-state index is 5.99. The molecule has 1 atom stereocenters. The van der Waals surface area contributed by atoms with Crippen molar-refractivity contribution in [2.24, 2.45) is 5.73 Å². The Morgan fingerprint density at radius 1 is 1.38 bits per heavy atom. The van der Waals surface area contributed by atoms with Gasteiger partial charge in [0.05, 0.1) is 0 Å². The van der Waals surface area contributed by atoms with Gasteiger partial charge < -0.3 is 5.73 Å². The van der Waals surface area contributed by atoms with Crippen LogP contribution < -0.4 is 5.73 Å². The minimum atomic E-state index is 0.154. The summed E-state index contributed by atoms with van der Waals surface area (Å²) in [5.41, 5.74) is 8.56. The first-order valence-corrected chi connectivity index (χ1v) is 5.52. The first kappa shape index (κ1) is 10.7. The number of halogens is 1. The van der Waals surface area contributed by atoms with E-state index in [2.05, 4.69) is 48.0 Å². The molecule has 1 aromatic rings. The van der Waals surface area contributed by atoms with Crippen molar-refractivity contribution in [2.45, 2.75) is 32.7 Å². The van der Waals surface area contributed by atoms with Crippen molar-refractivity contribution in [1.82, 2.24) is 0 Å². The lowest BCUT2D eigenvalue weighted by Crippen LogP contribution is -2.09. The highest BCUT2D eigenvalue weighted by atomic mass is 79.9. The number of nitrogens with two attached hydrogens (primary N) is 1. The van der Waals surface area contributed by atoms with E-state index in [0.717, 1.165) is 17.3 Å². The van der Waals surface area contributed by atoms with E-state index in [1.165, 1.54) is 11.1 Å². The zero-order valence-corrected chi connectivity index (χ0v) is 9.76. The molecule has 0 heterocycles. The van der Waals surface area contributed by atoms with Crippen LogP contribution in [0.4, 0.5) is 0 Å². The van der Waals surface area contributed by atoms with Gasteiger partial charge in [-0.25, -0.2) is 0 Å². The number of aryl methyl sites for hydroxylation is 1. The zero-order chi connectivity index (χ0) is 9.84. The van der Waals surface area contributed by atoms with Crippen molar-refractivity contribution in [3.8, 4) is 0 Å². The molecule has 0 amide bonds. The van der Waals surface area contributed by atoms with Gasteiger partial charge in [0.25, 0.3) is 0 Å². The molecule has 72 valence electrons. The van der Waals surface area contributed by atoms with Gasteiger partial charge in [-0.1, -0.05) is 41.9 Å². The molecule has 1 aromatic carbocycles. The average Bonchev–Trinajstić information content (AvgIpc) is 2.17. The molecule has 13 heavy (non-hydrogen) atoms. The van der Waals surface area contributed by atoms with Crippen LogP contribution in [-0.2, 0) is 6.42 Å². The van der Waals surface area contributed by atoms with E-state index >= 15 is 0 Å². The van der Waals surface area contributed by atoms with Crippen LogP contribution in [-0.4, -0.2) is 0 Å². The van der Waals surface area contributed by atoms with Crippen LogP contribution in [0.3, 0.4) is 0 Å². The van der Waals surface area contributed by atoms with E-state index in [0.29, 0.717) is 0 Å². The molecule has 0 saturated carbocycles. The highest BCUT2D eigenvalue weighted by Crippen LogP contribution is 2.25. The molecular weight excluding hydrogens is 226 g/mol. The maximum Gasteiger partial charge on any atom is 0.0303 e. The third-order valence-electron chi connectivity index (χ3n) is 2.31. The minimum Gasteiger partial charge on any atom is -0.324 e. The predicted octanol–water partition coefficient (Wildman–Crippen LogP) is 3.42. The number of hydrogen-bond acceptors (Lipinski definition) is 1. The third-order valence-corrected chi connectivity index (χ3v) is 3.03.